The highest BCUT2D eigenvalue weighted by molar-refractivity contribution is 5.99. The molecule has 288 valence electrons. The monoisotopic (exact) mass is 762 g/mol. The van der Waals surface area contributed by atoms with Crippen LogP contribution in [0, 0.1) is 5.82 Å². The lowest BCUT2D eigenvalue weighted by Gasteiger charge is -2.30. The van der Waals surface area contributed by atoms with Gasteiger partial charge in [-0.3, -0.25) is 9.88 Å². The summed E-state index contributed by atoms with van der Waals surface area (Å²) in [4.78, 5) is 35.5. The molecule has 4 heterocycles. The van der Waals surface area contributed by atoms with Gasteiger partial charge >= 0.3 is 30.3 Å². The fourth-order valence-electron chi connectivity index (χ4n) is 5.96. The zero-order valence-corrected chi connectivity index (χ0v) is 28.1. The first kappa shape index (κ1) is 40.7. The van der Waals surface area contributed by atoms with Gasteiger partial charge < -0.3 is 30.3 Å². The fraction of sp³-hybridized carbons (Fsp3) is 0.424. The Bertz CT molecular complexity index is 1920. The van der Waals surface area contributed by atoms with Crippen molar-refractivity contribution in [2.45, 2.75) is 43.3 Å². The molecule has 2 aromatic carbocycles. The molecule has 2 saturated heterocycles. The number of aromatic hydroxyl groups is 1. The number of carboxylic acid groups (broad SMARTS) is 2. The Morgan fingerprint density at radius 3 is 2.30 bits per heavy atom. The number of nitrogens with one attached hydrogen (secondary N) is 1. The molecule has 53 heavy (non-hydrogen) atoms. The fourth-order valence-corrected chi connectivity index (χ4v) is 5.96. The highest BCUT2D eigenvalue weighted by atomic mass is 19.4. The maximum absolute atomic E-state index is 16.2. The Balaban J connectivity index is 0.000000381. The van der Waals surface area contributed by atoms with Crippen molar-refractivity contribution in [1.82, 2.24) is 24.8 Å². The highest BCUT2D eigenvalue weighted by Crippen LogP contribution is 2.41. The molecule has 4 N–H and O–H groups in total. The van der Waals surface area contributed by atoms with Crippen molar-refractivity contribution in [3.63, 3.8) is 0 Å². The number of carboxylic acids is 2. The average molecular weight is 763 g/mol. The first-order chi connectivity index (χ1) is 24.7. The summed E-state index contributed by atoms with van der Waals surface area (Å²) in [5.74, 6) is -5.70. The molecule has 0 unspecified atom stereocenters. The molecule has 2 atom stereocenters. The lowest BCUT2D eigenvalue weighted by atomic mass is 9.95. The van der Waals surface area contributed by atoms with Crippen LogP contribution in [-0.2, 0) is 9.59 Å². The van der Waals surface area contributed by atoms with Crippen LogP contribution >= 0.6 is 0 Å². The van der Waals surface area contributed by atoms with Crippen LogP contribution in [0.1, 0.15) is 19.3 Å². The summed E-state index contributed by atoms with van der Waals surface area (Å²) in [6, 6.07) is 10.6. The number of likely N-dealkylation sites (N-methyl/N-ethyl adjacent to an activating group) is 1. The van der Waals surface area contributed by atoms with E-state index in [9.17, 15) is 35.8 Å². The molecule has 0 amide bonds. The van der Waals surface area contributed by atoms with Gasteiger partial charge in [0.2, 0.25) is 0 Å². The number of phenols is 1. The summed E-state index contributed by atoms with van der Waals surface area (Å²) in [6.45, 7) is 2.82. The van der Waals surface area contributed by atoms with Crippen molar-refractivity contribution in [2.24, 2.45) is 0 Å². The van der Waals surface area contributed by atoms with E-state index < -0.39 is 36.3 Å². The van der Waals surface area contributed by atoms with Gasteiger partial charge in [-0.05, 0) is 56.4 Å². The molecule has 0 aliphatic carbocycles. The summed E-state index contributed by atoms with van der Waals surface area (Å²) >= 11 is 0. The summed E-state index contributed by atoms with van der Waals surface area (Å²) < 4.78 is 100. The van der Waals surface area contributed by atoms with E-state index in [4.69, 9.17) is 24.5 Å². The van der Waals surface area contributed by atoms with E-state index in [1.165, 1.54) is 6.07 Å². The Hall–Kier alpha value is -5.11. The lowest BCUT2D eigenvalue weighted by molar-refractivity contribution is -0.193. The van der Waals surface area contributed by atoms with E-state index in [-0.39, 0.29) is 35.1 Å². The van der Waals surface area contributed by atoms with E-state index in [0.29, 0.717) is 36.3 Å². The van der Waals surface area contributed by atoms with Crippen molar-refractivity contribution in [3.8, 4) is 23.0 Å². The number of halogens is 8. The molecular weight excluding hydrogens is 728 g/mol. The second kappa shape index (κ2) is 16.3. The first-order valence-electron chi connectivity index (χ1n) is 15.8. The quantitative estimate of drug-likeness (QED) is 0.158. The van der Waals surface area contributed by atoms with Gasteiger partial charge in [0.15, 0.2) is 5.82 Å². The highest BCUT2D eigenvalue weighted by Gasteiger charge is 2.49. The van der Waals surface area contributed by atoms with Crippen molar-refractivity contribution < 1.29 is 64.8 Å². The molecule has 0 spiro atoms. The maximum atomic E-state index is 16.2. The van der Waals surface area contributed by atoms with Crippen LogP contribution in [0.15, 0.2) is 42.6 Å². The van der Waals surface area contributed by atoms with Gasteiger partial charge in [0.05, 0.1) is 10.9 Å². The summed E-state index contributed by atoms with van der Waals surface area (Å²) in [7, 11) is 3.93. The van der Waals surface area contributed by atoms with Crippen LogP contribution in [0.25, 0.3) is 32.9 Å². The Morgan fingerprint density at radius 2 is 1.68 bits per heavy atom. The van der Waals surface area contributed by atoms with Crippen LogP contribution in [0.4, 0.5) is 40.9 Å². The Morgan fingerprint density at radius 1 is 1.04 bits per heavy atom. The number of nitrogens with zero attached hydrogens (tertiary/aromatic N) is 5. The number of hydrogen-bond acceptors (Lipinski definition) is 10. The van der Waals surface area contributed by atoms with Crippen molar-refractivity contribution >= 4 is 39.4 Å². The third kappa shape index (κ3) is 10.1. The molecule has 2 fully saturated rings. The summed E-state index contributed by atoms with van der Waals surface area (Å²) in [5, 5.41) is 29.8. The number of rotatable bonds is 8. The normalized spacial score (nSPS) is 18.6. The Labute approximate surface area is 296 Å². The zero-order valence-electron chi connectivity index (χ0n) is 28.1. The molecule has 2 aliphatic heterocycles. The van der Waals surface area contributed by atoms with Crippen molar-refractivity contribution in [1.29, 1.82) is 0 Å². The van der Waals surface area contributed by atoms with E-state index >= 15 is 4.39 Å². The third-order valence-corrected chi connectivity index (χ3v) is 8.33. The van der Waals surface area contributed by atoms with Gasteiger partial charge in [-0.2, -0.15) is 36.3 Å². The van der Waals surface area contributed by atoms with Crippen molar-refractivity contribution in [2.75, 3.05) is 52.2 Å². The smallest absolute Gasteiger partial charge is 0.490 e. The predicted octanol–water partition coefficient (Wildman–Crippen LogP) is 5.89. The third-order valence-electron chi connectivity index (χ3n) is 8.33. The molecule has 2 aliphatic rings. The zero-order chi connectivity index (χ0) is 39.3. The molecule has 0 saturated carbocycles. The van der Waals surface area contributed by atoms with Gasteiger partial charge in [0.25, 0.3) is 0 Å². The first-order valence-corrected chi connectivity index (χ1v) is 15.8. The number of aromatic nitrogens is 3. The second-order valence-electron chi connectivity index (χ2n) is 12.5. The van der Waals surface area contributed by atoms with Crippen LogP contribution in [-0.4, -0.2) is 123 Å². The second-order valence-corrected chi connectivity index (χ2v) is 12.5. The average Bonchev–Trinajstić information content (AvgIpc) is 3.59. The topological polar surface area (TPSA) is 161 Å². The number of ether oxygens (including phenoxy) is 1. The van der Waals surface area contributed by atoms with E-state index in [0.717, 1.165) is 36.7 Å². The van der Waals surface area contributed by atoms with Gasteiger partial charge in [-0.15, -0.1) is 0 Å². The molecule has 0 radical (unpaired) electrons. The summed E-state index contributed by atoms with van der Waals surface area (Å²) in [5.41, 5.74) is 0.239. The van der Waals surface area contributed by atoms with Gasteiger partial charge in [-0.25, -0.2) is 18.4 Å². The van der Waals surface area contributed by atoms with Gasteiger partial charge in [-0.1, -0.05) is 24.3 Å². The number of aliphatic carboxylic acids is 2. The largest absolute Gasteiger partial charge is 0.508 e. The van der Waals surface area contributed by atoms with Crippen LogP contribution < -0.4 is 10.1 Å². The molecule has 2 aromatic heterocycles. The maximum Gasteiger partial charge on any atom is 0.490 e. The molecule has 0 bridgehead atoms. The molecule has 6 rings (SSSR count). The minimum absolute atomic E-state index is 0.0193. The summed E-state index contributed by atoms with van der Waals surface area (Å²) in [6.07, 6.45) is -7.23. The van der Waals surface area contributed by atoms with E-state index in [1.54, 1.807) is 12.3 Å². The minimum atomic E-state index is -5.08. The van der Waals surface area contributed by atoms with E-state index in [2.05, 4.69) is 25.2 Å². The molecule has 12 nitrogen and oxygen atoms in total. The van der Waals surface area contributed by atoms with Gasteiger partial charge in [0, 0.05) is 37.8 Å². The molecular formula is C33H34F8N6O6. The number of alkyl halides is 7. The number of fused-ring (bicyclic) bond motifs is 3. The number of carbonyl (C=O) groups is 2. The number of phenolic OH excluding ortho intramolecular Hbond substituents is 1. The van der Waals surface area contributed by atoms with Crippen LogP contribution in [0.3, 0.4) is 0 Å². The van der Waals surface area contributed by atoms with Gasteiger partial charge in [0.1, 0.15) is 35.6 Å². The van der Waals surface area contributed by atoms with Crippen molar-refractivity contribution in [3.05, 3.63) is 48.4 Å². The lowest BCUT2D eigenvalue weighted by Crippen LogP contribution is -2.43. The van der Waals surface area contributed by atoms with Crippen LogP contribution in [0.5, 0.6) is 11.8 Å². The SMILES string of the molecule is CN(C)CCNc1nc(OC[C@]23CCCN2C[C@@H](F)C3)nc2c(F)c(-c3cc(O)cc4ccccc34)ncc12.O=C(O)C(F)(F)F.O=C(O)C(F)(F)F. The predicted molar refractivity (Wildman–Crippen MR) is 175 cm³/mol. The molecule has 4 aromatic rings. The number of benzene rings is 2. The van der Waals surface area contributed by atoms with Crippen LogP contribution in [0.2, 0.25) is 0 Å². The molecule has 20 heteroatoms. The minimum Gasteiger partial charge on any atom is -0.508 e. The Kier molecular flexibility index (Phi) is 12.5. The number of hydrogen-bond donors (Lipinski definition) is 4. The number of pyridine rings is 1. The standard InChI is InChI=1S/C29H32F2N6O2.2C2HF3O2/c1-36(2)11-9-32-27-23-15-33-25(22-13-20(38)12-18-6-3-4-7-21(18)22)24(31)26(23)34-28(35-27)39-17-29-8-5-10-37(29)16-19(30)14-29;2*3-2(4,5)1(6)7/h3-4,6-7,12-13,15,19,38H,5,8-11,14,16-17H2,1-2H3,(H,32,34,35);2*(H,6,7)/t19-,29+;;/m0../s1. The van der Waals surface area contributed by atoms with E-state index in [1.807, 2.05) is 43.3 Å². The number of anilines is 1.